The third kappa shape index (κ3) is 2.07. The van der Waals surface area contributed by atoms with E-state index in [4.69, 9.17) is 11.6 Å². The van der Waals surface area contributed by atoms with E-state index in [1.165, 1.54) is 0 Å². The van der Waals surface area contributed by atoms with E-state index in [1.54, 1.807) is 4.90 Å². The van der Waals surface area contributed by atoms with E-state index in [0.717, 1.165) is 18.7 Å². The average molecular weight is 225 g/mol. The Labute approximate surface area is 94.0 Å². The van der Waals surface area contributed by atoms with Crippen molar-refractivity contribution < 1.29 is 4.79 Å². The Hall–Kier alpha value is -1.22. The number of hydrogen-bond donors (Lipinski definition) is 1. The van der Waals surface area contributed by atoms with Crippen molar-refractivity contribution in [2.45, 2.75) is 12.5 Å². The predicted molar refractivity (Wildman–Crippen MR) is 61.1 cm³/mol. The minimum absolute atomic E-state index is 0.130. The average Bonchev–Trinajstić information content (AvgIpc) is 2.53. The van der Waals surface area contributed by atoms with Gasteiger partial charge in [0.2, 0.25) is 5.91 Å². The van der Waals surface area contributed by atoms with Crippen LogP contribution in [0.2, 0.25) is 5.02 Å². The summed E-state index contributed by atoms with van der Waals surface area (Å²) in [5.74, 6) is 0.134. The van der Waals surface area contributed by atoms with E-state index in [-0.39, 0.29) is 11.9 Å². The molecule has 1 amide bonds. The third-order valence-corrected chi connectivity index (χ3v) is 2.96. The smallest absolute Gasteiger partial charge is 0.244 e. The van der Waals surface area contributed by atoms with Crippen LogP contribution in [-0.2, 0) is 4.79 Å². The summed E-state index contributed by atoms with van der Waals surface area (Å²) >= 11 is 6.00. The van der Waals surface area contributed by atoms with Crippen molar-refractivity contribution in [3.8, 4) is 0 Å². The van der Waals surface area contributed by atoms with Crippen LogP contribution in [0.1, 0.15) is 6.42 Å². The van der Waals surface area contributed by atoms with Gasteiger partial charge in [0.15, 0.2) is 0 Å². The lowest BCUT2D eigenvalue weighted by atomic mass is 10.2. The van der Waals surface area contributed by atoms with Crippen LogP contribution in [0.15, 0.2) is 24.3 Å². The van der Waals surface area contributed by atoms with Crippen LogP contribution in [0.5, 0.6) is 0 Å². The molecule has 0 radical (unpaired) electrons. The van der Waals surface area contributed by atoms with Gasteiger partial charge in [-0.25, -0.2) is 0 Å². The van der Waals surface area contributed by atoms with Gasteiger partial charge in [-0.05, 0) is 18.6 Å². The van der Waals surface area contributed by atoms with Crippen molar-refractivity contribution >= 4 is 23.2 Å². The Balaban J connectivity index is 2.10. The standard InChI is InChI=1S/C11H13ClN2O/c1-14-7-6-10(11(14)15)13-9-5-3-2-4-8(9)12/h2-5,10,13H,6-7H2,1H3. The van der Waals surface area contributed by atoms with E-state index in [1.807, 2.05) is 31.3 Å². The fourth-order valence-electron chi connectivity index (χ4n) is 1.72. The van der Waals surface area contributed by atoms with Crippen molar-refractivity contribution in [2.75, 3.05) is 18.9 Å². The molecule has 3 nitrogen and oxygen atoms in total. The molecule has 0 spiro atoms. The van der Waals surface area contributed by atoms with Crippen LogP contribution in [0.3, 0.4) is 0 Å². The summed E-state index contributed by atoms with van der Waals surface area (Å²) in [5.41, 5.74) is 0.827. The molecule has 2 rings (SSSR count). The Kier molecular flexibility index (Phi) is 2.82. The maximum Gasteiger partial charge on any atom is 0.244 e. The molecule has 0 aliphatic carbocycles. The molecule has 1 atom stereocenters. The molecule has 80 valence electrons. The van der Waals surface area contributed by atoms with Crippen LogP contribution in [0, 0.1) is 0 Å². The number of nitrogens with zero attached hydrogens (tertiary/aromatic N) is 1. The number of anilines is 1. The number of carbonyl (C=O) groups excluding carboxylic acids is 1. The van der Waals surface area contributed by atoms with E-state index < -0.39 is 0 Å². The minimum atomic E-state index is -0.130. The number of para-hydroxylation sites is 1. The van der Waals surface area contributed by atoms with Gasteiger partial charge in [0, 0.05) is 13.6 Å². The van der Waals surface area contributed by atoms with Gasteiger partial charge < -0.3 is 10.2 Å². The van der Waals surface area contributed by atoms with Gasteiger partial charge in [-0.3, -0.25) is 4.79 Å². The highest BCUT2D eigenvalue weighted by molar-refractivity contribution is 6.33. The molecule has 15 heavy (non-hydrogen) atoms. The fraction of sp³-hybridized carbons (Fsp3) is 0.364. The monoisotopic (exact) mass is 224 g/mol. The summed E-state index contributed by atoms with van der Waals surface area (Å²) in [6, 6.07) is 7.34. The van der Waals surface area contributed by atoms with Gasteiger partial charge in [0.05, 0.1) is 10.7 Å². The van der Waals surface area contributed by atoms with Crippen LogP contribution in [0.4, 0.5) is 5.69 Å². The summed E-state index contributed by atoms with van der Waals surface area (Å²) in [5, 5.41) is 3.82. The minimum Gasteiger partial charge on any atom is -0.372 e. The molecular weight excluding hydrogens is 212 g/mol. The Morgan fingerprint density at radius 3 is 2.80 bits per heavy atom. The molecule has 0 saturated carbocycles. The molecule has 4 heteroatoms. The summed E-state index contributed by atoms with van der Waals surface area (Å²) in [7, 11) is 1.82. The normalized spacial score (nSPS) is 20.8. The maximum absolute atomic E-state index is 11.6. The lowest BCUT2D eigenvalue weighted by molar-refractivity contribution is -0.127. The highest BCUT2D eigenvalue weighted by atomic mass is 35.5. The number of likely N-dealkylation sites (N-methyl/N-ethyl adjacent to an activating group) is 1. The number of hydrogen-bond acceptors (Lipinski definition) is 2. The van der Waals surface area contributed by atoms with Crippen molar-refractivity contribution in [3.05, 3.63) is 29.3 Å². The first-order chi connectivity index (χ1) is 7.18. The predicted octanol–water partition coefficient (Wildman–Crippen LogP) is 1.98. The van der Waals surface area contributed by atoms with Gasteiger partial charge in [-0.15, -0.1) is 0 Å². The van der Waals surface area contributed by atoms with Crippen molar-refractivity contribution in [3.63, 3.8) is 0 Å². The van der Waals surface area contributed by atoms with Crippen LogP contribution in [0.25, 0.3) is 0 Å². The molecule has 1 N–H and O–H groups in total. The zero-order valence-corrected chi connectivity index (χ0v) is 9.29. The summed E-state index contributed by atoms with van der Waals surface area (Å²) in [4.78, 5) is 13.4. The molecule has 1 heterocycles. The van der Waals surface area contributed by atoms with Crippen molar-refractivity contribution in [1.82, 2.24) is 4.90 Å². The van der Waals surface area contributed by atoms with Gasteiger partial charge in [0.25, 0.3) is 0 Å². The number of benzene rings is 1. The van der Waals surface area contributed by atoms with E-state index in [0.29, 0.717) is 5.02 Å². The molecule has 1 aliphatic rings. The quantitative estimate of drug-likeness (QED) is 0.833. The Morgan fingerprint density at radius 2 is 2.20 bits per heavy atom. The molecule has 1 fully saturated rings. The lowest BCUT2D eigenvalue weighted by Crippen LogP contribution is -2.30. The summed E-state index contributed by atoms with van der Waals surface area (Å²) in [6.07, 6.45) is 0.834. The van der Waals surface area contributed by atoms with E-state index in [2.05, 4.69) is 5.32 Å². The van der Waals surface area contributed by atoms with Crippen LogP contribution in [-0.4, -0.2) is 30.4 Å². The molecule has 1 unspecified atom stereocenters. The van der Waals surface area contributed by atoms with Gasteiger partial charge in [-0.1, -0.05) is 23.7 Å². The number of carbonyl (C=O) groups is 1. The first kappa shape index (κ1) is 10.3. The van der Waals surface area contributed by atoms with E-state index in [9.17, 15) is 4.79 Å². The molecule has 0 aromatic heterocycles. The van der Waals surface area contributed by atoms with Crippen LogP contribution >= 0.6 is 11.6 Å². The summed E-state index contributed by atoms with van der Waals surface area (Å²) in [6.45, 7) is 0.807. The molecule has 0 bridgehead atoms. The van der Waals surface area contributed by atoms with Gasteiger partial charge in [-0.2, -0.15) is 0 Å². The number of likely N-dealkylation sites (tertiary alicyclic amines) is 1. The lowest BCUT2D eigenvalue weighted by Gasteiger charge is -2.14. The fourth-order valence-corrected chi connectivity index (χ4v) is 1.91. The maximum atomic E-state index is 11.6. The second-order valence-electron chi connectivity index (χ2n) is 3.73. The third-order valence-electron chi connectivity index (χ3n) is 2.63. The van der Waals surface area contributed by atoms with Crippen molar-refractivity contribution in [2.24, 2.45) is 0 Å². The number of nitrogens with one attached hydrogen (secondary N) is 1. The van der Waals surface area contributed by atoms with Gasteiger partial charge in [0.1, 0.15) is 6.04 Å². The highest BCUT2D eigenvalue weighted by Gasteiger charge is 2.28. The molecular formula is C11H13ClN2O. The van der Waals surface area contributed by atoms with E-state index >= 15 is 0 Å². The molecule has 1 aromatic carbocycles. The highest BCUT2D eigenvalue weighted by Crippen LogP contribution is 2.23. The SMILES string of the molecule is CN1CCC(Nc2ccccc2Cl)C1=O. The number of amides is 1. The summed E-state index contributed by atoms with van der Waals surface area (Å²) < 4.78 is 0. The molecule has 1 aromatic rings. The Morgan fingerprint density at radius 1 is 1.47 bits per heavy atom. The van der Waals surface area contributed by atoms with Crippen molar-refractivity contribution in [1.29, 1.82) is 0 Å². The topological polar surface area (TPSA) is 32.3 Å². The molecule has 1 saturated heterocycles. The first-order valence-corrected chi connectivity index (χ1v) is 5.32. The van der Waals surface area contributed by atoms with Crippen LogP contribution < -0.4 is 5.32 Å². The second kappa shape index (κ2) is 4.11. The number of halogens is 1. The Bertz CT molecular complexity index is 381. The largest absolute Gasteiger partial charge is 0.372 e. The zero-order chi connectivity index (χ0) is 10.8. The van der Waals surface area contributed by atoms with Gasteiger partial charge >= 0.3 is 0 Å². The first-order valence-electron chi connectivity index (χ1n) is 4.94. The number of rotatable bonds is 2. The zero-order valence-electron chi connectivity index (χ0n) is 8.53. The second-order valence-corrected chi connectivity index (χ2v) is 4.13. The molecule has 1 aliphatic heterocycles.